The van der Waals surface area contributed by atoms with Gasteiger partial charge in [0.15, 0.2) is 0 Å². The zero-order valence-corrected chi connectivity index (χ0v) is 14.5. The third-order valence-corrected chi connectivity index (χ3v) is 5.16. The maximum Gasteiger partial charge on any atom is 0.345 e. The molecule has 3 fully saturated rings. The fourth-order valence-electron chi connectivity index (χ4n) is 4.08. The van der Waals surface area contributed by atoms with Crippen LogP contribution in [-0.4, -0.2) is 49.8 Å². The van der Waals surface area contributed by atoms with E-state index in [0.717, 1.165) is 0 Å². The molecule has 2 bridgehead atoms. The summed E-state index contributed by atoms with van der Waals surface area (Å²) in [7, 11) is 1.26. The monoisotopic (exact) mass is 368 g/mol. The minimum absolute atomic E-state index is 0.142. The summed E-state index contributed by atoms with van der Waals surface area (Å²) < 4.78 is 14.9. The van der Waals surface area contributed by atoms with E-state index in [1.807, 2.05) is 0 Å². The molecule has 9 heteroatoms. The van der Waals surface area contributed by atoms with E-state index in [0.29, 0.717) is 6.42 Å². The van der Waals surface area contributed by atoms with E-state index in [4.69, 9.17) is 24.0 Å². The fraction of sp³-hybridized carbons (Fsp3) is 0.647. The summed E-state index contributed by atoms with van der Waals surface area (Å²) in [4.78, 5) is 57.0. The normalized spacial score (nSPS) is 33.5. The molecule has 6 unspecified atom stereocenters. The molecular weight excluding hydrogens is 348 g/mol. The van der Waals surface area contributed by atoms with Crippen molar-refractivity contribution < 1.29 is 43.2 Å². The summed E-state index contributed by atoms with van der Waals surface area (Å²) >= 11 is 0. The van der Waals surface area contributed by atoms with Crippen LogP contribution in [0.15, 0.2) is 12.2 Å². The smallest absolute Gasteiger partial charge is 0.345 e. The quantitative estimate of drug-likeness (QED) is 0.206. The zero-order valence-electron chi connectivity index (χ0n) is 14.5. The molecule has 0 aromatic heterocycles. The van der Waals surface area contributed by atoms with Crippen LogP contribution in [0.3, 0.4) is 0 Å². The highest BCUT2D eigenvalue weighted by Gasteiger charge is 2.70. The second kappa shape index (κ2) is 7.06. The van der Waals surface area contributed by atoms with Gasteiger partial charge in [-0.25, -0.2) is 9.59 Å². The minimum atomic E-state index is -0.738. The Morgan fingerprint density at radius 1 is 1.27 bits per heavy atom. The number of hydrogen-bond acceptors (Lipinski definition) is 9. The van der Waals surface area contributed by atoms with Crippen molar-refractivity contribution in [2.24, 2.45) is 23.7 Å². The molecule has 0 radical (unpaired) electrons. The van der Waals surface area contributed by atoms with Crippen molar-refractivity contribution in [2.45, 2.75) is 32.0 Å². The van der Waals surface area contributed by atoms with Crippen LogP contribution in [-0.2, 0) is 43.2 Å². The Morgan fingerprint density at radius 2 is 2.00 bits per heavy atom. The van der Waals surface area contributed by atoms with Crippen LogP contribution < -0.4 is 0 Å². The lowest BCUT2D eigenvalue weighted by atomic mass is 9.78. The first-order chi connectivity index (χ1) is 12.3. The van der Waals surface area contributed by atoms with Crippen molar-refractivity contribution in [1.29, 1.82) is 0 Å². The average Bonchev–Trinajstić information content (AvgIpc) is 3.21. The molecule has 0 spiro atoms. The molecule has 1 aliphatic heterocycles. The first-order valence-corrected chi connectivity index (χ1v) is 8.32. The summed E-state index contributed by atoms with van der Waals surface area (Å²) in [6.07, 6.45) is -0.881. The molecule has 1 heterocycles. The van der Waals surface area contributed by atoms with Crippen LogP contribution in [0.1, 0.15) is 19.8 Å². The maximum absolute atomic E-state index is 12.0. The summed E-state index contributed by atoms with van der Waals surface area (Å²) in [6.45, 7) is 4.75. The molecule has 0 amide bonds. The summed E-state index contributed by atoms with van der Waals surface area (Å²) in [5.41, 5.74) is 0.225. The largest absolute Gasteiger partial charge is 0.469 e. The molecule has 0 N–H and O–H groups in total. The predicted molar refractivity (Wildman–Crippen MR) is 81.8 cm³/mol. The van der Waals surface area contributed by atoms with Gasteiger partial charge >= 0.3 is 23.9 Å². The Balaban J connectivity index is 1.53. The Labute approximate surface area is 149 Å². The van der Waals surface area contributed by atoms with Gasteiger partial charge in [-0.1, -0.05) is 6.58 Å². The van der Waals surface area contributed by atoms with Crippen molar-refractivity contribution in [2.75, 3.05) is 13.7 Å². The fourth-order valence-corrected chi connectivity index (χ4v) is 4.08. The first-order valence-electron chi connectivity index (χ1n) is 8.32. The van der Waals surface area contributed by atoms with Gasteiger partial charge in [0.2, 0.25) is 0 Å². The first kappa shape index (κ1) is 18.4. The molecule has 0 aromatic rings. The molecule has 0 aromatic carbocycles. The van der Waals surface area contributed by atoms with Gasteiger partial charge in [-0.05, 0) is 13.3 Å². The van der Waals surface area contributed by atoms with Gasteiger partial charge in [0.1, 0.15) is 18.8 Å². The van der Waals surface area contributed by atoms with Crippen molar-refractivity contribution in [3.63, 3.8) is 0 Å². The van der Waals surface area contributed by atoms with Crippen molar-refractivity contribution in [1.82, 2.24) is 0 Å². The lowest BCUT2D eigenvalue weighted by Gasteiger charge is -2.28. The van der Waals surface area contributed by atoms with Crippen LogP contribution in [0.25, 0.3) is 0 Å². The van der Waals surface area contributed by atoms with Crippen molar-refractivity contribution >= 4 is 23.9 Å². The number of rotatable bonds is 7. The van der Waals surface area contributed by atoms with E-state index in [2.05, 4.69) is 6.58 Å². The molecule has 142 valence electrons. The van der Waals surface area contributed by atoms with Crippen LogP contribution in [0.4, 0.5) is 0 Å². The van der Waals surface area contributed by atoms with Crippen LogP contribution in [0.5, 0.6) is 0 Å². The number of ether oxygens (including phenoxy) is 3. The summed E-state index contributed by atoms with van der Waals surface area (Å²) in [5, 5.41) is 0. The van der Waals surface area contributed by atoms with Gasteiger partial charge in [-0.2, -0.15) is 4.89 Å². The van der Waals surface area contributed by atoms with E-state index >= 15 is 0 Å². The molecule has 1 saturated heterocycles. The average molecular weight is 368 g/mol. The molecule has 3 rings (SSSR count). The molecule has 2 aliphatic carbocycles. The standard InChI is InChI=1S/C17H20O9/c1-7(2)15(19)23-5-4-10(18)25-26-14-9-6-8-12(11(9)16(20)22-3)17(21)24-13(8)14/h8-9,11-14H,1,4-6H2,2-3H3. The summed E-state index contributed by atoms with van der Waals surface area (Å²) in [5.74, 6) is -3.91. The third-order valence-electron chi connectivity index (χ3n) is 5.16. The van der Waals surface area contributed by atoms with Crippen molar-refractivity contribution in [3.05, 3.63) is 12.2 Å². The molecular formula is C17H20O9. The Morgan fingerprint density at radius 3 is 2.65 bits per heavy atom. The van der Waals surface area contributed by atoms with Gasteiger partial charge < -0.3 is 14.2 Å². The second-order valence-electron chi connectivity index (χ2n) is 6.72. The zero-order chi connectivity index (χ0) is 19.0. The number of esters is 3. The molecule has 6 atom stereocenters. The predicted octanol–water partition coefficient (Wildman–Crippen LogP) is 0.320. The number of methoxy groups -OCH3 is 1. The SMILES string of the molecule is C=C(C)C(=O)OCCC(=O)OOC1C2CC3C1OC(=O)C3C2C(=O)OC. The van der Waals surface area contributed by atoms with Gasteiger partial charge in [0, 0.05) is 17.4 Å². The van der Waals surface area contributed by atoms with E-state index in [-0.39, 0.29) is 30.4 Å². The highest BCUT2D eigenvalue weighted by Crippen LogP contribution is 2.58. The highest BCUT2D eigenvalue weighted by molar-refractivity contribution is 5.87. The molecule has 26 heavy (non-hydrogen) atoms. The molecule has 9 nitrogen and oxygen atoms in total. The van der Waals surface area contributed by atoms with Crippen LogP contribution in [0.2, 0.25) is 0 Å². The van der Waals surface area contributed by atoms with Gasteiger partial charge in [-0.3, -0.25) is 14.5 Å². The Bertz CT molecular complexity index is 655. The number of carbonyl (C=O) groups is 4. The van der Waals surface area contributed by atoms with Gasteiger partial charge in [-0.15, -0.1) is 0 Å². The minimum Gasteiger partial charge on any atom is -0.469 e. The van der Waals surface area contributed by atoms with E-state index in [1.165, 1.54) is 14.0 Å². The summed E-state index contributed by atoms with van der Waals surface area (Å²) in [6, 6.07) is 0. The highest BCUT2D eigenvalue weighted by atomic mass is 17.2. The second-order valence-corrected chi connectivity index (χ2v) is 6.72. The maximum atomic E-state index is 12.0. The lowest BCUT2D eigenvalue weighted by Crippen LogP contribution is -2.43. The van der Waals surface area contributed by atoms with E-state index in [1.54, 1.807) is 0 Å². The van der Waals surface area contributed by atoms with Gasteiger partial charge in [0.05, 0.1) is 25.4 Å². The third kappa shape index (κ3) is 3.07. The van der Waals surface area contributed by atoms with Gasteiger partial charge in [0.25, 0.3) is 0 Å². The molecule has 2 saturated carbocycles. The van der Waals surface area contributed by atoms with Crippen molar-refractivity contribution in [3.8, 4) is 0 Å². The van der Waals surface area contributed by atoms with Crippen LogP contribution in [0, 0.1) is 23.7 Å². The number of hydrogen-bond donors (Lipinski definition) is 0. The topological polar surface area (TPSA) is 114 Å². The Hall–Kier alpha value is -2.42. The number of carbonyl (C=O) groups excluding carboxylic acids is 4. The van der Waals surface area contributed by atoms with E-state index < -0.39 is 47.9 Å². The molecule has 3 aliphatic rings. The Kier molecular flexibility index (Phi) is 4.99. The van der Waals surface area contributed by atoms with Crippen LogP contribution >= 0.6 is 0 Å². The van der Waals surface area contributed by atoms with E-state index in [9.17, 15) is 19.2 Å². The number of fused-ring (bicyclic) bond motifs is 1. The lowest BCUT2D eigenvalue weighted by molar-refractivity contribution is -0.318.